The van der Waals surface area contributed by atoms with Crippen LogP contribution in [0.5, 0.6) is 5.75 Å². The lowest BCUT2D eigenvalue weighted by Gasteiger charge is -2.05. The van der Waals surface area contributed by atoms with Crippen LogP contribution in [0.3, 0.4) is 0 Å². The standard InChI is InChI=1S/C13H11ClO3S/c1-8-5-11(12(18-8)13(15)16)17-7-9-3-2-4-10(14)6-9/h2-6H,7H2,1H3,(H,15,16). The van der Waals surface area contributed by atoms with E-state index in [2.05, 4.69) is 0 Å². The second kappa shape index (κ2) is 5.42. The van der Waals surface area contributed by atoms with E-state index in [1.54, 1.807) is 18.2 Å². The highest BCUT2D eigenvalue weighted by Crippen LogP contribution is 2.29. The molecule has 0 aliphatic heterocycles. The van der Waals surface area contributed by atoms with Crippen LogP contribution < -0.4 is 4.74 Å². The number of benzene rings is 1. The van der Waals surface area contributed by atoms with E-state index in [1.165, 1.54) is 11.3 Å². The van der Waals surface area contributed by atoms with Crippen LogP contribution in [0.1, 0.15) is 20.1 Å². The number of carboxylic acid groups (broad SMARTS) is 1. The Hall–Kier alpha value is -1.52. The number of hydrogen-bond acceptors (Lipinski definition) is 3. The van der Waals surface area contributed by atoms with Gasteiger partial charge < -0.3 is 9.84 Å². The molecule has 1 aromatic heterocycles. The summed E-state index contributed by atoms with van der Waals surface area (Å²) in [6.45, 7) is 2.15. The van der Waals surface area contributed by atoms with Crippen molar-refractivity contribution in [3.63, 3.8) is 0 Å². The minimum Gasteiger partial charge on any atom is -0.487 e. The molecule has 0 amide bonds. The van der Waals surface area contributed by atoms with Gasteiger partial charge in [0.15, 0.2) is 4.88 Å². The lowest BCUT2D eigenvalue weighted by atomic mass is 10.2. The molecule has 18 heavy (non-hydrogen) atoms. The Labute approximate surface area is 114 Å². The molecule has 3 nitrogen and oxygen atoms in total. The largest absolute Gasteiger partial charge is 0.487 e. The maximum Gasteiger partial charge on any atom is 0.349 e. The summed E-state index contributed by atoms with van der Waals surface area (Å²) in [6.07, 6.45) is 0. The summed E-state index contributed by atoms with van der Waals surface area (Å²) in [6, 6.07) is 9.02. The van der Waals surface area contributed by atoms with Gasteiger partial charge >= 0.3 is 5.97 Å². The Kier molecular flexibility index (Phi) is 3.89. The van der Waals surface area contributed by atoms with Gasteiger partial charge in [-0.15, -0.1) is 11.3 Å². The highest BCUT2D eigenvalue weighted by Gasteiger charge is 2.15. The predicted molar refractivity (Wildman–Crippen MR) is 71.8 cm³/mol. The van der Waals surface area contributed by atoms with E-state index in [9.17, 15) is 4.79 Å². The van der Waals surface area contributed by atoms with Gasteiger partial charge in [-0.3, -0.25) is 0 Å². The highest BCUT2D eigenvalue weighted by molar-refractivity contribution is 7.14. The third-order valence-electron chi connectivity index (χ3n) is 2.30. The van der Waals surface area contributed by atoms with Gasteiger partial charge in [0.25, 0.3) is 0 Å². The molecule has 5 heteroatoms. The quantitative estimate of drug-likeness (QED) is 0.922. The molecule has 0 atom stereocenters. The molecule has 1 N–H and O–H groups in total. The smallest absolute Gasteiger partial charge is 0.349 e. The van der Waals surface area contributed by atoms with E-state index in [-0.39, 0.29) is 4.88 Å². The first-order valence-electron chi connectivity index (χ1n) is 5.27. The summed E-state index contributed by atoms with van der Waals surface area (Å²) in [7, 11) is 0. The zero-order valence-electron chi connectivity index (χ0n) is 9.64. The number of thiophene rings is 1. The van der Waals surface area contributed by atoms with Crippen molar-refractivity contribution in [2.45, 2.75) is 13.5 Å². The van der Waals surface area contributed by atoms with Crippen LogP contribution in [-0.4, -0.2) is 11.1 Å². The zero-order valence-corrected chi connectivity index (χ0v) is 11.2. The molecule has 1 heterocycles. The number of carbonyl (C=O) groups is 1. The molecule has 0 saturated heterocycles. The molecule has 2 rings (SSSR count). The number of aryl methyl sites for hydroxylation is 1. The number of rotatable bonds is 4. The summed E-state index contributed by atoms with van der Waals surface area (Å²) < 4.78 is 5.53. The molecule has 2 aromatic rings. The van der Waals surface area contributed by atoms with Gasteiger partial charge in [-0.2, -0.15) is 0 Å². The van der Waals surface area contributed by atoms with Crippen LogP contribution in [0.25, 0.3) is 0 Å². The molecule has 0 spiro atoms. The fourth-order valence-electron chi connectivity index (χ4n) is 1.54. The van der Waals surface area contributed by atoms with Crippen molar-refractivity contribution in [3.05, 3.63) is 50.7 Å². The van der Waals surface area contributed by atoms with Crippen LogP contribution in [-0.2, 0) is 6.61 Å². The maximum atomic E-state index is 11.0. The lowest BCUT2D eigenvalue weighted by molar-refractivity contribution is 0.0697. The lowest BCUT2D eigenvalue weighted by Crippen LogP contribution is -1.99. The van der Waals surface area contributed by atoms with Gasteiger partial charge in [-0.25, -0.2) is 4.79 Å². The predicted octanol–water partition coefficient (Wildman–Crippen LogP) is 3.99. The third kappa shape index (κ3) is 3.03. The fourth-order valence-corrected chi connectivity index (χ4v) is 2.54. The van der Waals surface area contributed by atoms with E-state index < -0.39 is 5.97 Å². The van der Waals surface area contributed by atoms with E-state index in [1.807, 2.05) is 19.1 Å². The Bertz CT molecular complexity index is 577. The number of halogens is 1. The van der Waals surface area contributed by atoms with Crippen molar-refractivity contribution in [2.24, 2.45) is 0 Å². The summed E-state index contributed by atoms with van der Waals surface area (Å²) in [5, 5.41) is 9.66. The zero-order chi connectivity index (χ0) is 13.1. The monoisotopic (exact) mass is 282 g/mol. The molecule has 0 radical (unpaired) electrons. The average molecular weight is 283 g/mol. The first kappa shape index (κ1) is 12.9. The van der Waals surface area contributed by atoms with E-state index in [4.69, 9.17) is 21.4 Å². The minimum atomic E-state index is -0.964. The van der Waals surface area contributed by atoms with Gasteiger partial charge in [-0.05, 0) is 30.7 Å². The Morgan fingerprint density at radius 3 is 2.89 bits per heavy atom. The maximum absolute atomic E-state index is 11.0. The first-order valence-corrected chi connectivity index (χ1v) is 6.46. The van der Waals surface area contributed by atoms with Gasteiger partial charge in [-0.1, -0.05) is 23.7 Å². The highest BCUT2D eigenvalue weighted by atomic mass is 35.5. The molecule has 0 unspecified atom stereocenters. The van der Waals surface area contributed by atoms with Crippen molar-refractivity contribution < 1.29 is 14.6 Å². The number of ether oxygens (including phenoxy) is 1. The van der Waals surface area contributed by atoms with Gasteiger partial charge in [0, 0.05) is 9.90 Å². The Morgan fingerprint density at radius 1 is 1.44 bits per heavy atom. The Morgan fingerprint density at radius 2 is 2.22 bits per heavy atom. The number of carboxylic acids is 1. The van der Waals surface area contributed by atoms with Crippen molar-refractivity contribution in [2.75, 3.05) is 0 Å². The molecule has 0 saturated carbocycles. The summed E-state index contributed by atoms with van der Waals surface area (Å²) in [5.74, 6) is -0.556. The molecule has 0 aliphatic carbocycles. The molecular formula is C13H11ClO3S. The van der Waals surface area contributed by atoms with Crippen LogP contribution in [0.15, 0.2) is 30.3 Å². The fraction of sp³-hybridized carbons (Fsp3) is 0.154. The third-order valence-corrected chi connectivity index (χ3v) is 3.55. The molecular weight excluding hydrogens is 272 g/mol. The molecule has 1 aromatic carbocycles. The molecule has 0 aliphatic rings. The second-order valence-electron chi connectivity index (χ2n) is 3.77. The van der Waals surface area contributed by atoms with Crippen molar-refractivity contribution in [3.8, 4) is 5.75 Å². The molecule has 94 valence electrons. The summed E-state index contributed by atoms with van der Waals surface area (Å²) in [5.41, 5.74) is 0.905. The second-order valence-corrected chi connectivity index (χ2v) is 5.47. The van der Waals surface area contributed by atoms with Crippen LogP contribution >= 0.6 is 22.9 Å². The van der Waals surface area contributed by atoms with E-state index >= 15 is 0 Å². The number of hydrogen-bond donors (Lipinski definition) is 1. The SMILES string of the molecule is Cc1cc(OCc2cccc(Cl)c2)c(C(=O)O)s1. The van der Waals surface area contributed by atoms with Crippen molar-refractivity contribution in [1.29, 1.82) is 0 Å². The average Bonchev–Trinajstić information content (AvgIpc) is 2.68. The van der Waals surface area contributed by atoms with Crippen molar-refractivity contribution in [1.82, 2.24) is 0 Å². The van der Waals surface area contributed by atoms with Crippen LogP contribution in [0.2, 0.25) is 5.02 Å². The van der Waals surface area contributed by atoms with Gasteiger partial charge in [0.2, 0.25) is 0 Å². The molecule has 0 fully saturated rings. The summed E-state index contributed by atoms with van der Waals surface area (Å²) >= 11 is 7.07. The Balaban J connectivity index is 2.13. The normalized spacial score (nSPS) is 10.3. The van der Waals surface area contributed by atoms with Gasteiger partial charge in [0.05, 0.1) is 0 Å². The first-order chi connectivity index (χ1) is 8.56. The van der Waals surface area contributed by atoms with Crippen LogP contribution in [0.4, 0.5) is 0 Å². The topological polar surface area (TPSA) is 46.5 Å². The minimum absolute atomic E-state index is 0.231. The molecule has 0 bridgehead atoms. The van der Waals surface area contributed by atoms with E-state index in [0.29, 0.717) is 17.4 Å². The van der Waals surface area contributed by atoms with Gasteiger partial charge in [0.1, 0.15) is 12.4 Å². The van der Waals surface area contributed by atoms with Crippen LogP contribution in [0, 0.1) is 6.92 Å². The summed E-state index contributed by atoms with van der Waals surface area (Å²) in [4.78, 5) is 12.2. The van der Waals surface area contributed by atoms with Crippen molar-refractivity contribution >= 4 is 28.9 Å². The number of aromatic carboxylic acids is 1. The van der Waals surface area contributed by atoms with E-state index in [0.717, 1.165) is 10.4 Å².